The van der Waals surface area contributed by atoms with E-state index in [2.05, 4.69) is 38.8 Å². The van der Waals surface area contributed by atoms with E-state index in [0.717, 1.165) is 35.3 Å². The Bertz CT molecular complexity index is 1270. The van der Waals surface area contributed by atoms with Crippen molar-refractivity contribution in [2.75, 3.05) is 4.72 Å². The van der Waals surface area contributed by atoms with Gasteiger partial charge in [0.05, 0.1) is 22.9 Å². The number of aromatic amines is 1. The average molecular weight is 410 g/mol. The van der Waals surface area contributed by atoms with Crippen LogP contribution in [0.4, 0.5) is 5.69 Å². The molecule has 2 N–H and O–H groups in total. The lowest BCUT2D eigenvalue weighted by atomic mass is 10.1. The number of nitrogens with one attached hydrogen (secondary N) is 2. The van der Waals surface area contributed by atoms with E-state index in [4.69, 9.17) is 0 Å². The second-order valence-electron chi connectivity index (χ2n) is 7.22. The fourth-order valence-corrected chi connectivity index (χ4v) is 4.51. The molecule has 0 aliphatic rings. The highest BCUT2D eigenvalue weighted by Crippen LogP contribution is 2.20. The fraction of sp³-hybridized carbons (Fsp3) is 0.238. The van der Waals surface area contributed by atoms with Crippen molar-refractivity contribution in [3.05, 3.63) is 71.3 Å². The van der Waals surface area contributed by atoms with Gasteiger partial charge in [0.15, 0.2) is 0 Å². The van der Waals surface area contributed by atoms with Crippen molar-refractivity contribution < 1.29 is 8.42 Å². The second kappa shape index (κ2) is 7.36. The third kappa shape index (κ3) is 4.02. The van der Waals surface area contributed by atoms with Crippen molar-refractivity contribution in [2.24, 2.45) is 7.05 Å². The molecule has 0 atom stereocenters. The number of fused-ring (bicyclic) bond motifs is 1. The second-order valence-corrected chi connectivity index (χ2v) is 8.88. The minimum Gasteiger partial charge on any atom is -0.342 e. The summed E-state index contributed by atoms with van der Waals surface area (Å²) in [7, 11) is -1.94. The van der Waals surface area contributed by atoms with Gasteiger partial charge in [-0.05, 0) is 55.7 Å². The first-order valence-corrected chi connectivity index (χ1v) is 10.9. The van der Waals surface area contributed by atoms with Crippen LogP contribution in [0.15, 0.2) is 53.6 Å². The van der Waals surface area contributed by atoms with E-state index in [-0.39, 0.29) is 4.90 Å². The van der Waals surface area contributed by atoms with Gasteiger partial charge < -0.3 is 4.98 Å². The number of rotatable bonds is 6. The van der Waals surface area contributed by atoms with Crippen molar-refractivity contribution in [3.63, 3.8) is 0 Å². The van der Waals surface area contributed by atoms with Gasteiger partial charge in [0.1, 0.15) is 10.7 Å². The van der Waals surface area contributed by atoms with E-state index in [9.17, 15) is 8.42 Å². The van der Waals surface area contributed by atoms with Gasteiger partial charge in [0.25, 0.3) is 10.0 Å². The molecule has 2 aromatic carbocycles. The Labute approximate surface area is 169 Å². The molecular weight excluding hydrogens is 386 g/mol. The lowest BCUT2D eigenvalue weighted by molar-refractivity contribution is 0.600. The van der Waals surface area contributed by atoms with Crippen LogP contribution in [-0.2, 0) is 29.9 Å². The summed E-state index contributed by atoms with van der Waals surface area (Å²) in [5.74, 6) is 0.947. The van der Waals surface area contributed by atoms with E-state index in [1.807, 2.05) is 18.2 Å². The quantitative estimate of drug-likeness (QED) is 0.510. The number of aromatic nitrogens is 4. The summed E-state index contributed by atoms with van der Waals surface area (Å²) in [6, 6.07) is 13.6. The number of H-pyrrole nitrogens is 1. The highest BCUT2D eigenvalue weighted by atomic mass is 32.2. The van der Waals surface area contributed by atoms with Crippen molar-refractivity contribution in [3.8, 4) is 0 Å². The van der Waals surface area contributed by atoms with E-state index in [0.29, 0.717) is 11.4 Å². The molecule has 0 bridgehead atoms. The molecule has 0 aliphatic heterocycles. The Morgan fingerprint density at radius 3 is 2.52 bits per heavy atom. The first kappa shape index (κ1) is 19.2. The number of imidazole rings is 1. The molecule has 150 valence electrons. The van der Waals surface area contributed by atoms with E-state index >= 15 is 0 Å². The molecule has 0 saturated carbocycles. The molecule has 0 saturated heterocycles. The Morgan fingerprint density at radius 2 is 1.83 bits per heavy atom. The largest absolute Gasteiger partial charge is 0.342 e. The summed E-state index contributed by atoms with van der Waals surface area (Å²) in [6.07, 6.45) is 2.96. The molecule has 0 spiro atoms. The minimum atomic E-state index is -3.66. The van der Waals surface area contributed by atoms with Gasteiger partial charge in [0, 0.05) is 19.2 Å². The smallest absolute Gasteiger partial charge is 0.265 e. The molecule has 4 aromatic rings. The zero-order chi connectivity index (χ0) is 20.6. The summed E-state index contributed by atoms with van der Waals surface area (Å²) in [5, 5.41) is 4.00. The molecule has 0 radical (unpaired) electrons. The highest BCUT2D eigenvalue weighted by Gasteiger charge is 2.20. The van der Waals surface area contributed by atoms with Crippen LogP contribution < -0.4 is 4.72 Å². The Kier molecular flexibility index (Phi) is 4.87. The minimum absolute atomic E-state index is 0.184. The van der Waals surface area contributed by atoms with Crippen LogP contribution in [0.1, 0.15) is 22.6 Å². The molecule has 0 aliphatic carbocycles. The number of anilines is 1. The summed E-state index contributed by atoms with van der Waals surface area (Å²) in [6.45, 7) is 3.79. The van der Waals surface area contributed by atoms with E-state index < -0.39 is 10.0 Å². The molecule has 7 nitrogen and oxygen atoms in total. The summed E-state index contributed by atoms with van der Waals surface area (Å²) in [4.78, 5) is 8.17. The average Bonchev–Trinajstić information content (AvgIpc) is 3.24. The van der Waals surface area contributed by atoms with Crippen LogP contribution in [0.2, 0.25) is 0 Å². The van der Waals surface area contributed by atoms with Gasteiger partial charge in [-0.15, -0.1) is 0 Å². The van der Waals surface area contributed by atoms with Crippen LogP contribution in [0, 0.1) is 13.8 Å². The first-order chi connectivity index (χ1) is 13.8. The van der Waals surface area contributed by atoms with Crippen LogP contribution in [0.3, 0.4) is 0 Å². The zero-order valence-corrected chi connectivity index (χ0v) is 17.4. The predicted octanol–water partition coefficient (Wildman–Crippen LogP) is 3.50. The number of nitrogens with zero attached hydrogens (tertiary/aromatic N) is 3. The molecule has 2 aromatic heterocycles. The van der Waals surface area contributed by atoms with Gasteiger partial charge in [-0.25, -0.2) is 13.4 Å². The molecular formula is C21H23N5O2S. The fourth-order valence-electron chi connectivity index (χ4n) is 3.25. The van der Waals surface area contributed by atoms with Crippen LogP contribution >= 0.6 is 0 Å². The maximum atomic E-state index is 12.6. The van der Waals surface area contributed by atoms with Crippen LogP contribution in [0.5, 0.6) is 0 Å². The van der Waals surface area contributed by atoms with Gasteiger partial charge in [0.2, 0.25) is 0 Å². The molecule has 0 fully saturated rings. The lowest BCUT2D eigenvalue weighted by Gasteiger charge is -2.08. The Morgan fingerprint density at radius 1 is 1.07 bits per heavy atom. The molecule has 0 unspecified atom stereocenters. The summed E-state index contributed by atoms with van der Waals surface area (Å²) in [5.41, 5.74) is 5.46. The third-order valence-corrected chi connectivity index (χ3v) is 6.51. The maximum Gasteiger partial charge on any atom is 0.265 e. The molecule has 4 rings (SSSR count). The number of hydrogen-bond acceptors (Lipinski definition) is 4. The topological polar surface area (TPSA) is 92.7 Å². The van der Waals surface area contributed by atoms with Crippen molar-refractivity contribution in [2.45, 2.75) is 31.6 Å². The predicted molar refractivity (Wildman–Crippen MR) is 113 cm³/mol. The van der Waals surface area contributed by atoms with Gasteiger partial charge in [-0.3, -0.25) is 9.40 Å². The monoisotopic (exact) mass is 409 g/mol. The Balaban J connectivity index is 1.43. The molecule has 8 heteroatoms. The summed E-state index contributed by atoms with van der Waals surface area (Å²) < 4.78 is 29.3. The molecule has 2 heterocycles. The zero-order valence-electron chi connectivity index (χ0n) is 16.6. The Hall–Kier alpha value is -3.13. The van der Waals surface area contributed by atoms with Crippen molar-refractivity contribution in [1.29, 1.82) is 0 Å². The highest BCUT2D eigenvalue weighted by molar-refractivity contribution is 7.92. The lowest BCUT2D eigenvalue weighted by Crippen LogP contribution is -2.13. The number of benzene rings is 2. The van der Waals surface area contributed by atoms with Gasteiger partial charge in [-0.2, -0.15) is 5.10 Å². The number of hydrogen-bond donors (Lipinski definition) is 2. The van der Waals surface area contributed by atoms with Gasteiger partial charge >= 0.3 is 0 Å². The molecule has 29 heavy (non-hydrogen) atoms. The summed E-state index contributed by atoms with van der Waals surface area (Å²) >= 11 is 0. The van der Waals surface area contributed by atoms with E-state index in [1.165, 1.54) is 16.4 Å². The standard InChI is InChI=1S/C21H23N5O2S/c1-14-4-10-18-19(12-14)24-21(23-18)11-7-16-5-8-17(9-6-16)25-29(27,28)20-13-22-26(3)15(20)2/h4-6,8-10,12-13,25H,7,11H2,1-3H3,(H,23,24). The van der Waals surface area contributed by atoms with Crippen molar-refractivity contribution >= 4 is 26.7 Å². The maximum absolute atomic E-state index is 12.6. The first-order valence-electron chi connectivity index (χ1n) is 9.37. The number of aryl methyl sites for hydroxylation is 4. The number of sulfonamides is 1. The van der Waals surface area contributed by atoms with Crippen LogP contribution in [0.25, 0.3) is 11.0 Å². The van der Waals surface area contributed by atoms with Crippen molar-refractivity contribution in [1.82, 2.24) is 19.7 Å². The molecule has 0 amide bonds. The third-order valence-electron chi connectivity index (χ3n) is 5.02. The normalized spacial score (nSPS) is 11.8. The SMILES string of the molecule is Cc1ccc2nc(CCc3ccc(NS(=O)(=O)c4cnn(C)c4C)cc3)[nH]c2c1. The van der Waals surface area contributed by atoms with Gasteiger partial charge in [-0.1, -0.05) is 18.2 Å². The van der Waals surface area contributed by atoms with Crippen LogP contribution in [-0.4, -0.2) is 28.2 Å². The van der Waals surface area contributed by atoms with E-state index in [1.54, 1.807) is 26.1 Å².